The van der Waals surface area contributed by atoms with Gasteiger partial charge in [0.15, 0.2) is 0 Å². The lowest BCUT2D eigenvalue weighted by Crippen LogP contribution is -2.26. The summed E-state index contributed by atoms with van der Waals surface area (Å²) in [5.74, 6) is 0.826. The molecule has 0 unspecified atom stereocenters. The van der Waals surface area contributed by atoms with Crippen molar-refractivity contribution in [1.29, 1.82) is 0 Å². The summed E-state index contributed by atoms with van der Waals surface area (Å²) in [6, 6.07) is 5.12. The normalized spacial score (nSPS) is 11.8. The van der Waals surface area contributed by atoms with Crippen LogP contribution >= 0.6 is 0 Å². The van der Waals surface area contributed by atoms with Crippen LogP contribution in [0.2, 0.25) is 0 Å². The van der Waals surface area contributed by atoms with Gasteiger partial charge < -0.3 is 10.1 Å². The van der Waals surface area contributed by atoms with Crippen molar-refractivity contribution in [2.75, 3.05) is 20.7 Å². The molecule has 2 N–H and O–H groups in total. The lowest BCUT2D eigenvalue weighted by Gasteiger charge is -2.13. The second-order valence-electron chi connectivity index (χ2n) is 5.10. The zero-order chi connectivity index (χ0) is 15.2. The zero-order valence-corrected chi connectivity index (χ0v) is 13.4. The van der Waals surface area contributed by atoms with E-state index in [0.29, 0.717) is 24.8 Å². The Morgan fingerprint density at radius 3 is 2.55 bits per heavy atom. The Bertz CT molecular complexity index is 527. The number of nitrogens with one attached hydrogen (secondary N) is 2. The van der Waals surface area contributed by atoms with Crippen LogP contribution < -0.4 is 14.8 Å². The van der Waals surface area contributed by atoms with Gasteiger partial charge in [-0.05, 0) is 37.1 Å². The minimum atomic E-state index is -3.53. The lowest BCUT2D eigenvalue weighted by atomic mass is 10.1. The van der Waals surface area contributed by atoms with E-state index in [1.54, 1.807) is 18.2 Å². The molecule has 114 valence electrons. The number of ether oxygens (including phenoxy) is 1. The van der Waals surface area contributed by atoms with Crippen molar-refractivity contribution in [3.8, 4) is 5.75 Å². The molecular formula is C14H24N2O3S. The fourth-order valence-corrected chi connectivity index (χ4v) is 3.00. The average molecular weight is 300 g/mol. The molecule has 1 aromatic carbocycles. The van der Waals surface area contributed by atoms with E-state index in [0.717, 1.165) is 12.0 Å². The molecule has 0 aromatic heterocycles. The molecule has 0 aliphatic heterocycles. The highest BCUT2D eigenvalue weighted by Gasteiger charge is 2.19. The highest BCUT2D eigenvalue weighted by atomic mass is 32.2. The van der Waals surface area contributed by atoms with Crippen LogP contribution in [0.1, 0.15) is 25.8 Å². The molecule has 0 bridgehead atoms. The summed E-state index contributed by atoms with van der Waals surface area (Å²) in [5, 5.41) is 3.02. The SMILES string of the molecule is CNCc1ccc(S(=O)(=O)NCCC(C)C)c(OC)c1. The maximum Gasteiger partial charge on any atom is 0.244 e. The van der Waals surface area contributed by atoms with Crippen LogP contribution in [0.5, 0.6) is 5.75 Å². The molecule has 6 heteroatoms. The van der Waals surface area contributed by atoms with Gasteiger partial charge in [-0.3, -0.25) is 0 Å². The van der Waals surface area contributed by atoms with Gasteiger partial charge in [0.05, 0.1) is 7.11 Å². The van der Waals surface area contributed by atoms with Crippen LogP contribution in [0.4, 0.5) is 0 Å². The van der Waals surface area contributed by atoms with Crippen LogP contribution in [0, 0.1) is 5.92 Å². The van der Waals surface area contributed by atoms with Gasteiger partial charge in [0.2, 0.25) is 10.0 Å². The van der Waals surface area contributed by atoms with Crippen molar-refractivity contribution in [2.45, 2.75) is 31.7 Å². The number of sulfonamides is 1. The number of hydrogen-bond acceptors (Lipinski definition) is 4. The van der Waals surface area contributed by atoms with E-state index in [2.05, 4.69) is 23.9 Å². The maximum absolute atomic E-state index is 12.3. The summed E-state index contributed by atoms with van der Waals surface area (Å²) >= 11 is 0. The van der Waals surface area contributed by atoms with Crippen molar-refractivity contribution in [1.82, 2.24) is 10.0 Å². The molecule has 1 aromatic rings. The summed E-state index contributed by atoms with van der Waals surface area (Å²) in [7, 11) is -0.210. The van der Waals surface area contributed by atoms with E-state index in [-0.39, 0.29) is 4.90 Å². The number of methoxy groups -OCH3 is 1. The van der Waals surface area contributed by atoms with Gasteiger partial charge >= 0.3 is 0 Å². The van der Waals surface area contributed by atoms with Gasteiger partial charge in [-0.1, -0.05) is 19.9 Å². The Balaban J connectivity index is 2.93. The molecular weight excluding hydrogens is 276 g/mol. The largest absolute Gasteiger partial charge is 0.495 e. The number of benzene rings is 1. The minimum Gasteiger partial charge on any atom is -0.495 e. The summed E-state index contributed by atoms with van der Waals surface area (Å²) < 4.78 is 32.3. The van der Waals surface area contributed by atoms with Crippen molar-refractivity contribution < 1.29 is 13.2 Å². The van der Waals surface area contributed by atoms with Gasteiger partial charge in [-0.25, -0.2) is 13.1 Å². The Hall–Kier alpha value is -1.11. The summed E-state index contributed by atoms with van der Waals surface area (Å²) in [6.45, 7) is 5.21. The third-order valence-corrected chi connectivity index (χ3v) is 4.41. The molecule has 0 spiro atoms. The standard InChI is InChI=1S/C14H24N2O3S/c1-11(2)7-8-16-20(17,18)14-6-5-12(10-15-3)9-13(14)19-4/h5-6,9,11,15-16H,7-8,10H2,1-4H3. The predicted octanol–water partition coefficient (Wildman–Crippen LogP) is 1.74. The van der Waals surface area contributed by atoms with Crippen LogP contribution in [0.3, 0.4) is 0 Å². The first kappa shape index (κ1) is 16.9. The first-order valence-corrected chi connectivity index (χ1v) is 8.20. The Morgan fingerprint density at radius 2 is 2.00 bits per heavy atom. The molecule has 0 aliphatic carbocycles. The van der Waals surface area contributed by atoms with Crippen LogP contribution in [0.15, 0.2) is 23.1 Å². The van der Waals surface area contributed by atoms with E-state index in [9.17, 15) is 8.42 Å². The first-order valence-electron chi connectivity index (χ1n) is 6.72. The minimum absolute atomic E-state index is 0.184. The summed E-state index contributed by atoms with van der Waals surface area (Å²) in [4.78, 5) is 0.184. The van der Waals surface area contributed by atoms with Crippen molar-refractivity contribution in [2.24, 2.45) is 5.92 Å². The van der Waals surface area contributed by atoms with Gasteiger partial charge in [-0.2, -0.15) is 0 Å². The highest BCUT2D eigenvalue weighted by molar-refractivity contribution is 7.89. The predicted molar refractivity (Wildman–Crippen MR) is 80.4 cm³/mol. The molecule has 0 amide bonds. The van der Waals surface area contributed by atoms with Gasteiger partial charge in [0.1, 0.15) is 10.6 Å². The average Bonchev–Trinajstić information content (AvgIpc) is 2.38. The fourth-order valence-electron chi connectivity index (χ4n) is 1.81. The molecule has 20 heavy (non-hydrogen) atoms. The first-order chi connectivity index (χ1) is 9.40. The Kier molecular flexibility index (Phi) is 6.45. The maximum atomic E-state index is 12.3. The quantitative estimate of drug-likeness (QED) is 0.767. The third kappa shape index (κ3) is 4.77. The van der Waals surface area contributed by atoms with E-state index in [1.807, 2.05) is 7.05 Å². The summed E-state index contributed by atoms with van der Waals surface area (Å²) in [5.41, 5.74) is 0.977. The molecule has 0 saturated carbocycles. The van der Waals surface area contributed by atoms with E-state index in [1.165, 1.54) is 7.11 Å². The van der Waals surface area contributed by atoms with Crippen LogP contribution in [0.25, 0.3) is 0 Å². The van der Waals surface area contributed by atoms with E-state index < -0.39 is 10.0 Å². The second kappa shape index (κ2) is 7.61. The zero-order valence-electron chi connectivity index (χ0n) is 12.6. The molecule has 1 rings (SSSR count). The van der Waals surface area contributed by atoms with Crippen molar-refractivity contribution >= 4 is 10.0 Å². The van der Waals surface area contributed by atoms with Crippen molar-refractivity contribution in [3.63, 3.8) is 0 Å². The molecule has 0 aliphatic rings. The number of rotatable bonds is 8. The fraction of sp³-hybridized carbons (Fsp3) is 0.571. The highest BCUT2D eigenvalue weighted by Crippen LogP contribution is 2.24. The van der Waals surface area contributed by atoms with Gasteiger partial charge in [0.25, 0.3) is 0 Å². The topological polar surface area (TPSA) is 67.4 Å². The Labute approximate surface area is 121 Å². The molecule has 0 radical (unpaired) electrons. The Morgan fingerprint density at radius 1 is 1.30 bits per heavy atom. The molecule has 0 saturated heterocycles. The number of hydrogen-bond donors (Lipinski definition) is 2. The lowest BCUT2D eigenvalue weighted by molar-refractivity contribution is 0.401. The smallest absolute Gasteiger partial charge is 0.244 e. The molecule has 0 heterocycles. The molecule has 0 fully saturated rings. The van der Waals surface area contributed by atoms with Gasteiger partial charge in [-0.15, -0.1) is 0 Å². The van der Waals surface area contributed by atoms with Crippen LogP contribution in [-0.4, -0.2) is 29.1 Å². The molecule has 0 atom stereocenters. The van der Waals surface area contributed by atoms with E-state index >= 15 is 0 Å². The monoisotopic (exact) mass is 300 g/mol. The van der Waals surface area contributed by atoms with Crippen molar-refractivity contribution in [3.05, 3.63) is 23.8 Å². The van der Waals surface area contributed by atoms with Gasteiger partial charge in [0, 0.05) is 13.1 Å². The summed E-state index contributed by atoms with van der Waals surface area (Å²) in [6.07, 6.45) is 0.805. The molecule has 5 nitrogen and oxygen atoms in total. The van der Waals surface area contributed by atoms with Crippen LogP contribution in [-0.2, 0) is 16.6 Å². The second-order valence-corrected chi connectivity index (χ2v) is 6.83. The third-order valence-electron chi connectivity index (χ3n) is 2.91. The van der Waals surface area contributed by atoms with E-state index in [4.69, 9.17) is 4.74 Å².